The second kappa shape index (κ2) is 4.62. The first kappa shape index (κ1) is 11.7. The third kappa shape index (κ3) is 2.18. The molecule has 0 amide bonds. The van der Waals surface area contributed by atoms with Crippen molar-refractivity contribution in [3.63, 3.8) is 0 Å². The minimum Gasteiger partial charge on any atom is -0.495 e. The predicted octanol–water partition coefficient (Wildman–Crippen LogP) is 2.71. The summed E-state index contributed by atoms with van der Waals surface area (Å²) >= 11 is 0. The van der Waals surface area contributed by atoms with Crippen LogP contribution in [0.2, 0.25) is 0 Å². The largest absolute Gasteiger partial charge is 0.495 e. The van der Waals surface area contributed by atoms with Gasteiger partial charge in [0, 0.05) is 25.1 Å². The number of carbonyl (C=O) groups is 1. The first-order valence-corrected chi connectivity index (χ1v) is 5.74. The topological polar surface area (TPSA) is 31.2 Å². The van der Waals surface area contributed by atoms with Crippen LogP contribution in [0.25, 0.3) is 10.9 Å². The van der Waals surface area contributed by atoms with Crippen molar-refractivity contribution in [2.75, 3.05) is 7.11 Å². The fraction of sp³-hybridized carbons (Fsp3) is 0.357. The monoisotopic (exact) mass is 231 g/mol. The van der Waals surface area contributed by atoms with Crippen LogP contribution in [0.4, 0.5) is 0 Å². The van der Waals surface area contributed by atoms with Crippen molar-refractivity contribution in [2.24, 2.45) is 7.05 Å². The highest BCUT2D eigenvalue weighted by Crippen LogP contribution is 2.29. The van der Waals surface area contributed by atoms with Crippen molar-refractivity contribution in [1.82, 2.24) is 4.57 Å². The predicted molar refractivity (Wildman–Crippen MR) is 68.5 cm³/mol. The van der Waals surface area contributed by atoms with Crippen LogP contribution in [0.5, 0.6) is 5.75 Å². The Labute approximate surface area is 101 Å². The summed E-state index contributed by atoms with van der Waals surface area (Å²) in [5.74, 6) is 1.10. The van der Waals surface area contributed by atoms with E-state index in [1.807, 2.05) is 19.2 Å². The summed E-state index contributed by atoms with van der Waals surface area (Å²) in [6.07, 6.45) is 3.46. The minimum absolute atomic E-state index is 0.227. The average molecular weight is 231 g/mol. The number of benzene rings is 1. The van der Waals surface area contributed by atoms with Gasteiger partial charge in [-0.2, -0.15) is 0 Å². The Morgan fingerprint density at radius 1 is 1.41 bits per heavy atom. The van der Waals surface area contributed by atoms with Crippen molar-refractivity contribution in [2.45, 2.75) is 19.8 Å². The molecule has 0 saturated carbocycles. The van der Waals surface area contributed by atoms with Crippen LogP contribution in [0, 0.1) is 0 Å². The van der Waals surface area contributed by atoms with Gasteiger partial charge in [-0.3, -0.25) is 0 Å². The van der Waals surface area contributed by atoms with Crippen molar-refractivity contribution < 1.29 is 9.53 Å². The molecule has 0 saturated heterocycles. The van der Waals surface area contributed by atoms with Gasteiger partial charge in [0.15, 0.2) is 0 Å². The van der Waals surface area contributed by atoms with Crippen LogP contribution in [-0.2, 0) is 18.3 Å². The molecule has 0 aliphatic carbocycles. The maximum absolute atomic E-state index is 11.1. The Morgan fingerprint density at radius 3 is 2.82 bits per heavy atom. The van der Waals surface area contributed by atoms with E-state index in [9.17, 15) is 4.79 Å². The molecular formula is C14H17NO2. The number of hydrogen-bond acceptors (Lipinski definition) is 2. The first-order chi connectivity index (χ1) is 8.13. The Bertz CT molecular complexity index is 555. The van der Waals surface area contributed by atoms with Crippen LogP contribution in [0.3, 0.4) is 0 Å². The van der Waals surface area contributed by atoms with Crippen LogP contribution >= 0.6 is 0 Å². The van der Waals surface area contributed by atoms with Crippen molar-refractivity contribution in [1.29, 1.82) is 0 Å². The molecule has 0 spiro atoms. The maximum Gasteiger partial charge on any atom is 0.143 e. The van der Waals surface area contributed by atoms with Crippen molar-refractivity contribution in [3.05, 3.63) is 30.0 Å². The number of ether oxygens (including phenoxy) is 1. The van der Waals surface area contributed by atoms with Gasteiger partial charge in [-0.1, -0.05) is 12.1 Å². The third-order valence-electron chi connectivity index (χ3n) is 3.01. The SMILES string of the molecule is COc1cccc2c(CCC(C)=O)cn(C)c12. The van der Waals surface area contributed by atoms with Crippen LogP contribution in [0.1, 0.15) is 18.9 Å². The quantitative estimate of drug-likeness (QED) is 0.810. The Balaban J connectivity index is 2.48. The molecule has 0 atom stereocenters. The van der Waals surface area contributed by atoms with Gasteiger partial charge in [0.25, 0.3) is 0 Å². The summed E-state index contributed by atoms with van der Waals surface area (Å²) in [6, 6.07) is 6.02. The molecule has 90 valence electrons. The van der Waals surface area contributed by atoms with Crippen molar-refractivity contribution in [3.8, 4) is 5.75 Å². The number of carbonyl (C=O) groups excluding carboxylic acids is 1. The first-order valence-electron chi connectivity index (χ1n) is 5.74. The summed E-state index contributed by atoms with van der Waals surface area (Å²) < 4.78 is 7.42. The highest BCUT2D eigenvalue weighted by Gasteiger charge is 2.10. The zero-order valence-corrected chi connectivity index (χ0v) is 10.5. The molecule has 0 bridgehead atoms. The van der Waals surface area contributed by atoms with Gasteiger partial charge in [0.2, 0.25) is 0 Å². The number of fused-ring (bicyclic) bond motifs is 1. The molecule has 0 fully saturated rings. The van der Waals surface area contributed by atoms with Crippen LogP contribution in [-0.4, -0.2) is 17.5 Å². The van der Waals surface area contributed by atoms with E-state index in [0.29, 0.717) is 6.42 Å². The zero-order valence-electron chi connectivity index (χ0n) is 10.5. The maximum atomic E-state index is 11.1. The fourth-order valence-corrected chi connectivity index (χ4v) is 2.19. The Hall–Kier alpha value is -1.77. The number of aromatic nitrogens is 1. The molecule has 2 rings (SSSR count). The van der Waals surface area contributed by atoms with Gasteiger partial charge in [0.05, 0.1) is 12.6 Å². The summed E-state index contributed by atoms with van der Waals surface area (Å²) in [7, 11) is 3.68. The molecule has 3 heteroatoms. The number of Topliss-reactive ketones (excluding diaryl/α,β-unsaturated/α-hetero) is 1. The van der Waals surface area contributed by atoms with Gasteiger partial charge in [-0.25, -0.2) is 0 Å². The van der Waals surface area contributed by atoms with E-state index in [-0.39, 0.29) is 5.78 Å². The van der Waals surface area contributed by atoms with E-state index in [0.717, 1.165) is 17.7 Å². The summed E-state index contributed by atoms with van der Waals surface area (Å²) in [5.41, 5.74) is 2.30. The van der Waals surface area contributed by atoms with E-state index >= 15 is 0 Å². The van der Waals surface area contributed by atoms with E-state index in [1.54, 1.807) is 14.0 Å². The molecular weight excluding hydrogens is 214 g/mol. The third-order valence-corrected chi connectivity index (χ3v) is 3.01. The fourth-order valence-electron chi connectivity index (χ4n) is 2.19. The lowest BCUT2D eigenvalue weighted by Crippen LogP contribution is -1.93. The Kier molecular flexibility index (Phi) is 3.18. The highest BCUT2D eigenvalue weighted by atomic mass is 16.5. The summed E-state index contributed by atoms with van der Waals surface area (Å²) in [6.45, 7) is 1.63. The molecule has 1 heterocycles. The second-order valence-corrected chi connectivity index (χ2v) is 4.32. The lowest BCUT2D eigenvalue weighted by Gasteiger charge is -2.04. The van der Waals surface area contributed by atoms with Crippen molar-refractivity contribution >= 4 is 16.7 Å². The zero-order chi connectivity index (χ0) is 12.4. The summed E-state index contributed by atoms with van der Waals surface area (Å²) in [4.78, 5) is 11.1. The number of hydrogen-bond donors (Lipinski definition) is 0. The summed E-state index contributed by atoms with van der Waals surface area (Å²) in [5, 5.41) is 1.17. The molecule has 0 unspecified atom stereocenters. The molecule has 2 aromatic rings. The lowest BCUT2D eigenvalue weighted by molar-refractivity contribution is -0.116. The van der Waals surface area contributed by atoms with Gasteiger partial charge in [-0.05, 0) is 25.0 Å². The number of ketones is 1. The molecule has 1 aromatic carbocycles. The number of aryl methyl sites for hydroxylation is 2. The molecule has 0 aliphatic rings. The van der Waals surface area contributed by atoms with Gasteiger partial charge in [-0.15, -0.1) is 0 Å². The second-order valence-electron chi connectivity index (χ2n) is 4.32. The molecule has 0 radical (unpaired) electrons. The van der Waals surface area contributed by atoms with Gasteiger partial charge >= 0.3 is 0 Å². The van der Waals surface area contributed by atoms with Crippen LogP contribution < -0.4 is 4.74 Å². The van der Waals surface area contributed by atoms with E-state index in [2.05, 4.69) is 16.8 Å². The molecule has 0 aliphatic heterocycles. The molecule has 1 aromatic heterocycles. The highest BCUT2D eigenvalue weighted by molar-refractivity contribution is 5.89. The van der Waals surface area contributed by atoms with Crippen LogP contribution in [0.15, 0.2) is 24.4 Å². The average Bonchev–Trinajstić information content (AvgIpc) is 2.64. The van der Waals surface area contributed by atoms with E-state index in [4.69, 9.17) is 4.74 Å². The minimum atomic E-state index is 0.227. The number of rotatable bonds is 4. The number of nitrogens with zero attached hydrogens (tertiary/aromatic N) is 1. The molecule has 17 heavy (non-hydrogen) atoms. The smallest absolute Gasteiger partial charge is 0.143 e. The number of methoxy groups -OCH3 is 1. The van der Waals surface area contributed by atoms with E-state index < -0.39 is 0 Å². The lowest BCUT2D eigenvalue weighted by atomic mass is 10.1. The molecule has 0 N–H and O–H groups in total. The van der Waals surface area contributed by atoms with E-state index in [1.165, 1.54) is 10.9 Å². The standard InChI is InChI=1S/C14H17NO2/c1-10(16)7-8-11-9-15(2)14-12(11)5-4-6-13(14)17-3/h4-6,9H,7-8H2,1-3H3. The normalized spacial score (nSPS) is 10.8. The molecule has 3 nitrogen and oxygen atoms in total. The van der Waals surface area contributed by atoms with Gasteiger partial charge < -0.3 is 14.1 Å². The Morgan fingerprint density at radius 2 is 2.18 bits per heavy atom. The number of para-hydroxylation sites is 1. The van der Waals surface area contributed by atoms with Gasteiger partial charge in [0.1, 0.15) is 11.5 Å².